The van der Waals surface area contributed by atoms with Gasteiger partial charge in [-0.1, -0.05) is 0 Å². The zero-order valence-electron chi connectivity index (χ0n) is 11.0. The highest BCUT2D eigenvalue weighted by atomic mass is 32.1. The summed E-state index contributed by atoms with van der Waals surface area (Å²) in [5.74, 6) is -0.534. The number of anilines is 1. The van der Waals surface area contributed by atoms with E-state index in [0.717, 1.165) is 31.2 Å². The maximum absolute atomic E-state index is 11.9. The lowest BCUT2D eigenvalue weighted by Crippen LogP contribution is -2.17. The Morgan fingerprint density at radius 1 is 1.37 bits per heavy atom. The molecule has 0 saturated heterocycles. The maximum atomic E-state index is 11.9. The molecular formula is C13H18N2O3S. The fourth-order valence-electron chi connectivity index (χ4n) is 2.29. The zero-order chi connectivity index (χ0) is 13.8. The maximum Gasteiger partial charge on any atom is 0.341 e. The Kier molecular flexibility index (Phi) is 4.55. The number of thiophene rings is 1. The lowest BCUT2D eigenvalue weighted by atomic mass is 9.95. The molecule has 1 aromatic heterocycles. The number of carbonyl (C=O) groups excluding carboxylic acids is 2. The quantitative estimate of drug-likeness (QED) is 0.824. The van der Waals surface area contributed by atoms with Crippen LogP contribution in [0.1, 0.15) is 40.1 Å². The Labute approximate surface area is 116 Å². The highest BCUT2D eigenvalue weighted by Gasteiger charge is 2.26. The van der Waals surface area contributed by atoms with Gasteiger partial charge < -0.3 is 15.8 Å². The van der Waals surface area contributed by atoms with Crippen molar-refractivity contribution in [2.75, 3.05) is 19.0 Å². The Hall–Kier alpha value is -1.40. The molecular weight excluding hydrogens is 264 g/mol. The van der Waals surface area contributed by atoms with Gasteiger partial charge in [0, 0.05) is 17.8 Å². The highest BCUT2D eigenvalue weighted by molar-refractivity contribution is 7.17. The van der Waals surface area contributed by atoms with E-state index in [0.29, 0.717) is 17.1 Å². The van der Waals surface area contributed by atoms with Gasteiger partial charge in [0.2, 0.25) is 5.91 Å². The van der Waals surface area contributed by atoms with E-state index in [4.69, 9.17) is 10.5 Å². The summed E-state index contributed by atoms with van der Waals surface area (Å²) in [6.45, 7) is 0.296. The Balaban J connectivity index is 2.33. The lowest BCUT2D eigenvalue weighted by molar-refractivity contribution is -0.116. The van der Waals surface area contributed by atoms with Crippen LogP contribution in [-0.2, 0) is 22.4 Å². The summed E-state index contributed by atoms with van der Waals surface area (Å²) < 4.78 is 4.83. The smallest absolute Gasteiger partial charge is 0.341 e. The molecule has 6 heteroatoms. The molecule has 1 aromatic rings. The van der Waals surface area contributed by atoms with Crippen LogP contribution in [0.5, 0.6) is 0 Å². The number of hydrogen-bond donors (Lipinski definition) is 2. The first kappa shape index (κ1) is 14.0. The predicted molar refractivity (Wildman–Crippen MR) is 74.6 cm³/mol. The second kappa shape index (κ2) is 6.16. The average Bonchev–Trinajstić information content (AvgIpc) is 2.75. The molecule has 1 aliphatic rings. The second-order valence-electron chi connectivity index (χ2n) is 4.49. The summed E-state index contributed by atoms with van der Waals surface area (Å²) in [5.41, 5.74) is 6.94. The number of nitrogens with one attached hydrogen (secondary N) is 1. The topological polar surface area (TPSA) is 81.4 Å². The molecule has 104 valence electrons. The Morgan fingerprint density at radius 3 is 2.79 bits per heavy atom. The molecule has 0 saturated carbocycles. The van der Waals surface area contributed by atoms with Crippen LogP contribution in [-0.4, -0.2) is 25.5 Å². The third-order valence-electron chi connectivity index (χ3n) is 3.19. The molecule has 0 aromatic carbocycles. The first-order valence-corrected chi connectivity index (χ1v) is 7.21. The van der Waals surface area contributed by atoms with Crippen molar-refractivity contribution in [3.8, 4) is 0 Å². The number of aryl methyl sites for hydroxylation is 1. The second-order valence-corrected chi connectivity index (χ2v) is 5.60. The SMILES string of the molecule is COC(=O)c1c(NC(=O)CCN)sc2c1CCCC2. The first-order chi connectivity index (χ1) is 9.17. The number of rotatable bonds is 4. The summed E-state index contributed by atoms with van der Waals surface area (Å²) in [6, 6.07) is 0. The third-order valence-corrected chi connectivity index (χ3v) is 4.39. The molecule has 0 spiro atoms. The molecule has 0 atom stereocenters. The van der Waals surface area contributed by atoms with Crippen LogP contribution in [0.2, 0.25) is 0 Å². The monoisotopic (exact) mass is 282 g/mol. The van der Waals surface area contributed by atoms with E-state index in [1.807, 2.05) is 0 Å². The van der Waals surface area contributed by atoms with Crippen molar-refractivity contribution in [2.45, 2.75) is 32.1 Å². The van der Waals surface area contributed by atoms with Gasteiger partial charge in [0.15, 0.2) is 0 Å². The number of methoxy groups -OCH3 is 1. The summed E-state index contributed by atoms with van der Waals surface area (Å²) >= 11 is 1.49. The average molecular weight is 282 g/mol. The van der Waals surface area contributed by atoms with Crippen molar-refractivity contribution in [1.82, 2.24) is 0 Å². The van der Waals surface area contributed by atoms with Crippen molar-refractivity contribution < 1.29 is 14.3 Å². The van der Waals surface area contributed by atoms with Gasteiger partial charge >= 0.3 is 5.97 Å². The summed E-state index contributed by atoms with van der Waals surface area (Å²) in [7, 11) is 1.36. The lowest BCUT2D eigenvalue weighted by Gasteiger charge is -2.11. The minimum Gasteiger partial charge on any atom is -0.465 e. The van der Waals surface area contributed by atoms with E-state index in [1.54, 1.807) is 0 Å². The third kappa shape index (κ3) is 2.96. The number of hydrogen-bond acceptors (Lipinski definition) is 5. The molecule has 0 aliphatic heterocycles. The number of nitrogens with two attached hydrogens (primary N) is 1. The van der Waals surface area contributed by atoms with E-state index in [2.05, 4.69) is 5.32 Å². The van der Waals surface area contributed by atoms with Crippen LogP contribution in [0.4, 0.5) is 5.00 Å². The van der Waals surface area contributed by atoms with Crippen LogP contribution in [0.25, 0.3) is 0 Å². The van der Waals surface area contributed by atoms with Crippen LogP contribution in [0.15, 0.2) is 0 Å². The molecule has 1 amide bonds. The molecule has 0 bridgehead atoms. The molecule has 3 N–H and O–H groups in total. The van der Waals surface area contributed by atoms with Crippen LogP contribution in [0.3, 0.4) is 0 Å². The largest absolute Gasteiger partial charge is 0.465 e. The van der Waals surface area contributed by atoms with Crippen molar-refractivity contribution in [3.05, 3.63) is 16.0 Å². The van der Waals surface area contributed by atoms with Gasteiger partial charge in [-0.05, 0) is 31.2 Å². The number of ether oxygens (including phenoxy) is 1. The van der Waals surface area contributed by atoms with Crippen LogP contribution in [0, 0.1) is 0 Å². The van der Waals surface area contributed by atoms with Crippen molar-refractivity contribution >= 4 is 28.2 Å². The fourth-order valence-corrected chi connectivity index (χ4v) is 3.59. The van der Waals surface area contributed by atoms with Crippen molar-refractivity contribution in [3.63, 3.8) is 0 Å². The van der Waals surface area contributed by atoms with E-state index in [-0.39, 0.29) is 18.3 Å². The van der Waals surface area contributed by atoms with Gasteiger partial charge in [-0.3, -0.25) is 4.79 Å². The van der Waals surface area contributed by atoms with Crippen LogP contribution >= 0.6 is 11.3 Å². The van der Waals surface area contributed by atoms with Crippen molar-refractivity contribution in [2.24, 2.45) is 5.73 Å². The van der Waals surface area contributed by atoms with E-state index >= 15 is 0 Å². The minimum absolute atomic E-state index is 0.161. The van der Waals surface area contributed by atoms with Gasteiger partial charge in [0.1, 0.15) is 5.00 Å². The van der Waals surface area contributed by atoms with Gasteiger partial charge in [-0.15, -0.1) is 11.3 Å². The predicted octanol–water partition coefficient (Wildman–Crippen LogP) is 1.70. The molecule has 1 heterocycles. The van der Waals surface area contributed by atoms with Gasteiger partial charge in [-0.2, -0.15) is 0 Å². The van der Waals surface area contributed by atoms with Crippen molar-refractivity contribution in [1.29, 1.82) is 0 Å². The van der Waals surface area contributed by atoms with E-state index in [9.17, 15) is 9.59 Å². The van der Waals surface area contributed by atoms with Gasteiger partial charge in [0.05, 0.1) is 12.7 Å². The van der Waals surface area contributed by atoms with Gasteiger partial charge in [-0.25, -0.2) is 4.79 Å². The standard InChI is InChI=1S/C13H18N2O3S/c1-18-13(17)11-8-4-2-3-5-9(8)19-12(11)15-10(16)6-7-14/h2-7,14H2,1H3,(H,15,16). The number of esters is 1. The molecule has 1 aliphatic carbocycles. The summed E-state index contributed by atoms with van der Waals surface area (Å²) in [4.78, 5) is 24.8. The number of amides is 1. The summed E-state index contributed by atoms with van der Waals surface area (Å²) in [5, 5.41) is 3.39. The molecule has 0 fully saturated rings. The van der Waals surface area contributed by atoms with Gasteiger partial charge in [0.25, 0.3) is 0 Å². The molecule has 0 radical (unpaired) electrons. The Bertz CT molecular complexity index is 496. The molecule has 2 rings (SSSR count). The van der Waals surface area contributed by atoms with Crippen LogP contribution < -0.4 is 11.1 Å². The molecule has 19 heavy (non-hydrogen) atoms. The van der Waals surface area contributed by atoms with E-state index in [1.165, 1.54) is 23.3 Å². The minimum atomic E-state index is -0.373. The van der Waals surface area contributed by atoms with E-state index < -0.39 is 0 Å². The summed E-state index contributed by atoms with van der Waals surface area (Å²) in [6.07, 6.45) is 4.30. The fraction of sp³-hybridized carbons (Fsp3) is 0.538. The molecule has 5 nitrogen and oxygen atoms in total. The number of carbonyl (C=O) groups is 2. The normalized spacial score (nSPS) is 13.8. The number of fused-ring (bicyclic) bond motifs is 1. The Morgan fingerprint density at radius 2 is 2.11 bits per heavy atom. The zero-order valence-corrected chi connectivity index (χ0v) is 11.8. The highest BCUT2D eigenvalue weighted by Crippen LogP contribution is 2.38. The molecule has 0 unspecified atom stereocenters. The first-order valence-electron chi connectivity index (χ1n) is 6.40.